The topological polar surface area (TPSA) is 80.0 Å². The zero-order valence-electron chi connectivity index (χ0n) is 18.5. The number of benzene rings is 3. The van der Waals surface area contributed by atoms with Crippen molar-refractivity contribution in [2.45, 2.75) is 25.9 Å². The molecule has 0 bridgehead atoms. The van der Waals surface area contributed by atoms with Gasteiger partial charge in [0.05, 0.1) is 17.0 Å². The van der Waals surface area contributed by atoms with Crippen LogP contribution in [0.15, 0.2) is 70.3 Å². The van der Waals surface area contributed by atoms with Crippen molar-refractivity contribution in [3.8, 4) is 22.8 Å². The van der Waals surface area contributed by atoms with Gasteiger partial charge in [0.2, 0.25) is 5.91 Å². The summed E-state index contributed by atoms with van der Waals surface area (Å²) in [6.07, 6.45) is 0. The second-order valence-electron chi connectivity index (χ2n) is 7.75. The molecule has 0 spiro atoms. The van der Waals surface area contributed by atoms with Crippen LogP contribution in [-0.2, 0) is 4.79 Å². The maximum Gasteiger partial charge on any atom is 0.234 e. The molecule has 0 saturated carbocycles. The Labute approximate surface area is 205 Å². The normalized spacial score (nSPS) is 10.9. The first-order valence-corrected chi connectivity index (χ1v) is 12.1. The number of amides is 1. The quantitative estimate of drug-likeness (QED) is 0.301. The molecule has 33 heavy (non-hydrogen) atoms. The number of aromatic hydroxyl groups is 1. The van der Waals surface area contributed by atoms with E-state index >= 15 is 0 Å². The van der Waals surface area contributed by atoms with Crippen LogP contribution < -0.4 is 5.32 Å². The lowest BCUT2D eigenvalue weighted by molar-refractivity contribution is -0.113. The fraction of sp³-hybridized carbons (Fsp3) is 0.160. The third-order valence-electron chi connectivity index (χ3n) is 5.15. The molecule has 1 heterocycles. The number of para-hydroxylation sites is 1. The maximum atomic E-state index is 12.6. The Hall–Kier alpha value is -3.10. The molecule has 0 atom stereocenters. The van der Waals surface area contributed by atoms with E-state index in [4.69, 9.17) is 0 Å². The highest BCUT2D eigenvalue weighted by Gasteiger charge is 2.20. The summed E-state index contributed by atoms with van der Waals surface area (Å²) in [4.78, 5) is 12.6. The van der Waals surface area contributed by atoms with Crippen LogP contribution >= 0.6 is 27.7 Å². The van der Waals surface area contributed by atoms with E-state index in [9.17, 15) is 9.90 Å². The second-order valence-corrected chi connectivity index (χ2v) is 9.55. The summed E-state index contributed by atoms with van der Waals surface area (Å²) in [6.45, 7) is 6.03. The van der Waals surface area contributed by atoms with Crippen molar-refractivity contribution >= 4 is 39.3 Å². The third kappa shape index (κ3) is 5.12. The van der Waals surface area contributed by atoms with Crippen molar-refractivity contribution in [2.75, 3.05) is 11.1 Å². The maximum absolute atomic E-state index is 12.6. The SMILES string of the molecule is Cc1ccc(-n2c(SCC(=O)Nc3ccc(Br)c(C)c3)nnc2-c2ccccc2O)c(C)c1. The number of nitrogens with zero attached hydrogens (tertiary/aromatic N) is 3. The van der Waals surface area contributed by atoms with Crippen molar-refractivity contribution in [1.82, 2.24) is 14.8 Å². The van der Waals surface area contributed by atoms with Gasteiger partial charge >= 0.3 is 0 Å². The average molecular weight is 523 g/mol. The van der Waals surface area contributed by atoms with Crippen molar-refractivity contribution < 1.29 is 9.90 Å². The summed E-state index contributed by atoms with van der Waals surface area (Å²) in [7, 11) is 0. The number of rotatable bonds is 6. The highest BCUT2D eigenvalue weighted by molar-refractivity contribution is 9.10. The van der Waals surface area contributed by atoms with Crippen molar-refractivity contribution in [3.05, 3.63) is 81.8 Å². The van der Waals surface area contributed by atoms with Gasteiger partial charge in [-0.25, -0.2) is 0 Å². The van der Waals surface area contributed by atoms with Gasteiger partial charge in [-0.05, 0) is 68.3 Å². The minimum Gasteiger partial charge on any atom is -0.507 e. The van der Waals surface area contributed by atoms with Crippen LogP contribution in [-0.4, -0.2) is 31.5 Å². The van der Waals surface area contributed by atoms with E-state index in [0.717, 1.165) is 32.5 Å². The Balaban J connectivity index is 1.64. The van der Waals surface area contributed by atoms with Crippen LogP contribution in [0.1, 0.15) is 16.7 Å². The molecule has 1 amide bonds. The molecule has 4 rings (SSSR count). The molecule has 8 heteroatoms. The van der Waals surface area contributed by atoms with Crippen LogP contribution in [0.4, 0.5) is 5.69 Å². The van der Waals surface area contributed by atoms with E-state index in [1.807, 2.05) is 61.7 Å². The first-order chi connectivity index (χ1) is 15.8. The molecule has 0 unspecified atom stereocenters. The molecule has 0 aliphatic rings. The van der Waals surface area contributed by atoms with E-state index in [0.29, 0.717) is 16.5 Å². The van der Waals surface area contributed by atoms with Crippen LogP contribution in [0.5, 0.6) is 5.75 Å². The number of carbonyl (C=O) groups excluding carboxylic acids is 1. The van der Waals surface area contributed by atoms with E-state index in [2.05, 4.69) is 37.5 Å². The highest BCUT2D eigenvalue weighted by atomic mass is 79.9. The lowest BCUT2D eigenvalue weighted by Crippen LogP contribution is -2.14. The largest absolute Gasteiger partial charge is 0.507 e. The number of hydrogen-bond acceptors (Lipinski definition) is 5. The van der Waals surface area contributed by atoms with Gasteiger partial charge in [0.1, 0.15) is 5.75 Å². The Morgan fingerprint density at radius 1 is 1.03 bits per heavy atom. The summed E-state index contributed by atoms with van der Waals surface area (Å²) in [5, 5.41) is 22.6. The number of phenols is 1. The standard InChI is InChI=1S/C25H23BrN4O2S/c1-15-8-11-21(17(3)12-15)30-24(19-6-4-5-7-22(19)31)28-29-25(30)33-14-23(32)27-18-9-10-20(26)16(2)13-18/h4-13,31H,14H2,1-3H3,(H,27,32). The van der Waals surface area contributed by atoms with Gasteiger partial charge < -0.3 is 10.4 Å². The van der Waals surface area contributed by atoms with Crippen molar-refractivity contribution in [3.63, 3.8) is 0 Å². The molecular weight excluding hydrogens is 500 g/mol. The van der Waals surface area contributed by atoms with Gasteiger partial charge in [0, 0.05) is 10.2 Å². The van der Waals surface area contributed by atoms with E-state index in [1.165, 1.54) is 11.8 Å². The predicted molar refractivity (Wildman–Crippen MR) is 136 cm³/mol. The van der Waals surface area contributed by atoms with Crippen molar-refractivity contribution in [1.29, 1.82) is 0 Å². The molecular formula is C25H23BrN4O2S. The first kappa shape index (κ1) is 23.1. The molecule has 0 radical (unpaired) electrons. The highest BCUT2D eigenvalue weighted by Crippen LogP contribution is 2.33. The number of aromatic nitrogens is 3. The Morgan fingerprint density at radius 3 is 2.55 bits per heavy atom. The number of phenolic OH excluding ortho intramolecular Hbond substituents is 1. The Kier molecular flexibility index (Phi) is 6.85. The number of nitrogens with one attached hydrogen (secondary N) is 1. The zero-order chi connectivity index (χ0) is 23.5. The third-order valence-corrected chi connectivity index (χ3v) is 6.96. The van der Waals surface area contributed by atoms with Crippen LogP contribution in [0, 0.1) is 20.8 Å². The molecule has 1 aromatic heterocycles. The molecule has 0 saturated heterocycles. The molecule has 4 aromatic rings. The number of thioether (sulfide) groups is 1. The van der Waals surface area contributed by atoms with Gasteiger partial charge in [-0.2, -0.15) is 0 Å². The van der Waals surface area contributed by atoms with E-state index < -0.39 is 0 Å². The smallest absolute Gasteiger partial charge is 0.234 e. The van der Waals surface area contributed by atoms with Gasteiger partial charge in [-0.1, -0.05) is 57.5 Å². The van der Waals surface area contributed by atoms with E-state index in [-0.39, 0.29) is 17.4 Å². The fourth-order valence-electron chi connectivity index (χ4n) is 3.52. The Bertz CT molecular complexity index is 1340. The van der Waals surface area contributed by atoms with Crippen LogP contribution in [0.3, 0.4) is 0 Å². The summed E-state index contributed by atoms with van der Waals surface area (Å²) in [5.74, 6) is 0.669. The number of aryl methyl sites for hydroxylation is 3. The van der Waals surface area contributed by atoms with Gasteiger partial charge in [0.15, 0.2) is 11.0 Å². The van der Waals surface area contributed by atoms with E-state index in [1.54, 1.807) is 18.2 Å². The number of carbonyl (C=O) groups is 1. The summed E-state index contributed by atoms with van der Waals surface area (Å²) < 4.78 is 2.89. The first-order valence-electron chi connectivity index (χ1n) is 10.3. The average Bonchev–Trinajstić information content (AvgIpc) is 3.18. The minimum absolute atomic E-state index is 0.121. The molecule has 168 valence electrons. The molecule has 0 aliphatic heterocycles. The van der Waals surface area contributed by atoms with Gasteiger partial charge in [-0.15, -0.1) is 10.2 Å². The monoisotopic (exact) mass is 522 g/mol. The van der Waals surface area contributed by atoms with Crippen LogP contribution in [0.2, 0.25) is 0 Å². The zero-order valence-corrected chi connectivity index (χ0v) is 20.9. The molecule has 0 aliphatic carbocycles. The lowest BCUT2D eigenvalue weighted by atomic mass is 10.1. The molecule has 3 aromatic carbocycles. The van der Waals surface area contributed by atoms with Crippen molar-refractivity contribution in [2.24, 2.45) is 0 Å². The molecule has 0 fully saturated rings. The minimum atomic E-state index is -0.138. The number of anilines is 1. The van der Waals surface area contributed by atoms with Crippen LogP contribution in [0.25, 0.3) is 17.1 Å². The Morgan fingerprint density at radius 2 is 1.82 bits per heavy atom. The molecule has 6 nitrogen and oxygen atoms in total. The fourth-order valence-corrected chi connectivity index (χ4v) is 4.52. The number of hydrogen-bond donors (Lipinski definition) is 2. The lowest BCUT2D eigenvalue weighted by Gasteiger charge is -2.14. The second kappa shape index (κ2) is 9.80. The number of halogens is 1. The predicted octanol–water partition coefficient (Wildman–Crippen LogP) is 6.06. The molecule has 2 N–H and O–H groups in total. The summed E-state index contributed by atoms with van der Waals surface area (Å²) >= 11 is 4.77. The summed E-state index contributed by atoms with van der Waals surface area (Å²) in [5.41, 5.74) is 5.45. The van der Waals surface area contributed by atoms with Gasteiger partial charge in [0.25, 0.3) is 0 Å². The summed E-state index contributed by atoms with van der Waals surface area (Å²) in [6, 6.07) is 18.8. The van der Waals surface area contributed by atoms with Gasteiger partial charge in [-0.3, -0.25) is 9.36 Å².